The van der Waals surface area contributed by atoms with Gasteiger partial charge in [0.15, 0.2) is 6.20 Å². The van der Waals surface area contributed by atoms with Crippen LogP contribution in [0.5, 0.6) is 0 Å². The summed E-state index contributed by atoms with van der Waals surface area (Å²) in [7, 11) is 0. The van der Waals surface area contributed by atoms with Crippen LogP contribution in [-0.4, -0.2) is 5.09 Å². The van der Waals surface area contributed by atoms with E-state index in [4.69, 9.17) is 21.2 Å². The van der Waals surface area contributed by atoms with Crippen molar-refractivity contribution in [3.63, 3.8) is 0 Å². The molecule has 0 aromatic rings. The standard InChI is InChI=1S/C2H4N4.NO3/c3-6-2-1-4-5-6;2-1(3)4/h1-2H,3H2;/q;-1/p+1. The Hall–Kier alpha value is -1.54. The summed E-state index contributed by atoms with van der Waals surface area (Å²) < 4.78 is 0. The second-order valence-electron chi connectivity index (χ2n) is 1.18. The van der Waals surface area contributed by atoms with Gasteiger partial charge in [-0.05, 0) is 0 Å². The van der Waals surface area contributed by atoms with E-state index in [1.54, 1.807) is 12.4 Å². The summed E-state index contributed by atoms with van der Waals surface area (Å²) in [4.78, 5) is 8.25. The van der Waals surface area contributed by atoms with E-state index in [0.717, 1.165) is 0 Å². The molecule has 0 aromatic heterocycles. The third-order valence-electron chi connectivity index (χ3n) is 0.485. The van der Waals surface area contributed by atoms with Crippen molar-refractivity contribution in [2.24, 2.45) is 16.2 Å². The predicted octanol–water partition coefficient (Wildman–Crippen LogP) is -1.64. The van der Waals surface area contributed by atoms with E-state index >= 15 is 0 Å². The van der Waals surface area contributed by atoms with Gasteiger partial charge in [0.1, 0.15) is 6.20 Å². The second kappa shape index (κ2) is 4.35. The minimum Gasteiger partial charge on any atom is -0.356 e. The molecule has 0 bridgehead atoms. The largest absolute Gasteiger partial charge is 0.356 e. The fraction of sp³-hybridized carbons (Fsp3) is 0. The van der Waals surface area contributed by atoms with E-state index in [-0.39, 0.29) is 0 Å². The van der Waals surface area contributed by atoms with E-state index in [1.165, 1.54) is 0 Å². The first-order valence-electron chi connectivity index (χ1n) is 2.14. The van der Waals surface area contributed by atoms with Gasteiger partial charge < -0.3 is 15.3 Å². The molecule has 1 unspecified atom stereocenters. The number of quaternary nitrogens is 1. The molecule has 0 radical (unpaired) electrons. The first kappa shape index (κ1) is 8.46. The molecular weight excluding hydrogens is 142 g/mol. The summed E-state index contributed by atoms with van der Waals surface area (Å²) in [5, 5.41) is 22.1. The number of hydrogen-bond donors (Lipinski definition) is 2. The van der Waals surface area contributed by atoms with Crippen LogP contribution in [0.3, 0.4) is 0 Å². The van der Waals surface area contributed by atoms with Crippen LogP contribution in [-0.2, 0) is 0 Å². The van der Waals surface area contributed by atoms with Crippen LogP contribution in [0.15, 0.2) is 22.7 Å². The Bertz CT molecular complexity index is 148. The zero-order valence-electron chi connectivity index (χ0n) is 4.80. The number of hydrogen-bond acceptors (Lipinski definition) is 6. The van der Waals surface area contributed by atoms with Crippen LogP contribution < -0.4 is 11.0 Å². The average Bonchev–Trinajstić information content (AvgIpc) is 2.15. The van der Waals surface area contributed by atoms with Crippen molar-refractivity contribution in [2.45, 2.75) is 0 Å². The lowest BCUT2D eigenvalue weighted by Crippen LogP contribution is -3.08. The maximum atomic E-state index is 8.25. The number of nitrogens with two attached hydrogens (primary N) is 1. The highest BCUT2D eigenvalue weighted by Crippen LogP contribution is 1.71. The lowest BCUT2D eigenvalue weighted by molar-refractivity contribution is -0.868. The van der Waals surface area contributed by atoms with Crippen molar-refractivity contribution in [3.8, 4) is 0 Å². The molecule has 56 valence electrons. The molecule has 0 aliphatic carbocycles. The van der Waals surface area contributed by atoms with Gasteiger partial charge in [0.05, 0.1) is 10.3 Å². The van der Waals surface area contributed by atoms with Crippen LogP contribution in [0.1, 0.15) is 0 Å². The third kappa shape index (κ3) is 6.46. The Kier molecular flexibility index (Phi) is 3.68. The molecule has 0 fully saturated rings. The van der Waals surface area contributed by atoms with Crippen molar-refractivity contribution >= 4 is 0 Å². The fourth-order valence-electron chi connectivity index (χ4n) is 0.243. The van der Waals surface area contributed by atoms with Crippen molar-refractivity contribution in [3.05, 3.63) is 27.7 Å². The molecule has 1 aliphatic heterocycles. The van der Waals surface area contributed by atoms with Gasteiger partial charge >= 0.3 is 0 Å². The molecule has 8 heteroatoms. The Morgan fingerprint density at radius 1 is 1.60 bits per heavy atom. The molecule has 8 nitrogen and oxygen atoms in total. The highest BCUT2D eigenvalue weighted by molar-refractivity contribution is 4.66. The number of nitrogens with one attached hydrogen (secondary N) is 1. The monoisotopic (exact) mass is 147 g/mol. The van der Waals surface area contributed by atoms with Crippen LogP contribution >= 0.6 is 0 Å². The van der Waals surface area contributed by atoms with Gasteiger partial charge in [0.25, 0.3) is 0 Å². The van der Waals surface area contributed by atoms with Crippen LogP contribution in [0.4, 0.5) is 0 Å². The van der Waals surface area contributed by atoms with Crippen LogP contribution in [0.2, 0.25) is 0 Å². The quantitative estimate of drug-likeness (QED) is 0.242. The molecule has 1 atom stereocenters. The maximum absolute atomic E-state index is 8.25. The lowest BCUT2D eigenvalue weighted by atomic mass is 11.0. The molecular formula is C2H5N5O3. The molecule has 0 aromatic carbocycles. The minimum absolute atomic E-state index is 0.481. The topological polar surface area (TPSA) is 121 Å². The molecule has 0 amide bonds. The van der Waals surface area contributed by atoms with E-state index in [1.807, 2.05) is 0 Å². The molecule has 3 N–H and O–H groups in total. The molecule has 1 aliphatic rings. The fourth-order valence-corrected chi connectivity index (χ4v) is 0.243. The maximum Gasteiger partial charge on any atom is 0.162 e. The third-order valence-corrected chi connectivity index (χ3v) is 0.485. The van der Waals surface area contributed by atoms with E-state index < -0.39 is 5.09 Å². The Morgan fingerprint density at radius 2 is 2.10 bits per heavy atom. The highest BCUT2D eigenvalue weighted by atomic mass is 16.9. The number of nitrogens with zero attached hydrogens (tertiary/aromatic N) is 3. The van der Waals surface area contributed by atoms with E-state index in [0.29, 0.717) is 5.12 Å². The van der Waals surface area contributed by atoms with Gasteiger partial charge in [-0.15, -0.1) is 11.0 Å². The summed E-state index contributed by atoms with van der Waals surface area (Å²) in [6, 6.07) is 0. The Morgan fingerprint density at radius 3 is 2.20 bits per heavy atom. The molecule has 10 heavy (non-hydrogen) atoms. The van der Waals surface area contributed by atoms with Gasteiger partial charge in [-0.25, -0.2) is 0 Å². The van der Waals surface area contributed by atoms with Crippen molar-refractivity contribution in [1.29, 1.82) is 0 Å². The zero-order valence-corrected chi connectivity index (χ0v) is 4.80. The van der Waals surface area contributed by atoms with E-state index in [2.05, 4.69) is 10.3 Å². The molecule has 0 saturated carbocycles. The molecule has 0 saturated heterocycles. The predicted molar refractivity (Wildman–Crippen MR) is 29.5 cm³/mol. The highest BCUT2D eigenvalue weighted by Gasteiger charge is 1.94. The van der Waals surface area contributed by atoms with Gasteiger partial charge in [0, 0.05) is 0 Å². The molecule has 1 heterocycles. The number of rotatable bonds is 0. The average molecular weight is 147 g/mol. The second-order valence-corrected chi connectivity index (χ2v) is 1.18. The summed E-state index contributed by atoms with van der Waals surface area (Å²) in [6.45, 7) is 0. The van der Waals surface area contributed by atoms with Gasteiger partial charge in [-0.1, -0.05) is 5.12 Å². The van der Waals surface area contributed by atoms with Crippen molar-refractivity contribution < 1.29 is 10.2 Å². The summed E-state index contributed by atoms with van der Waals surface area (Å²) in [5.41, 5.74) is 0. The lowest BCUT2D eigenvalue weighted by Gasteiger charge is -1.83. The first-order valence-corrected chi connectivity index (χ1v) is 2.14. The summed E-state index contributed by atoms with van der Waals surface area (Å²) >= 11 is 0. The minimum atomic E-state index is -1.75. The SMILES string of the molecule is N[NH+]1C=CN=N1.O=[N+]([O-])[O-]. The Balaban J connectivity index is 0.000000180. The first-order chi connectivity index (χ1) is 4.63. The summed E-state index contributed by atoms with van der Waals surface area (Å²) in [5.74, 6) is 5.10. The summed E-state index contributed by atoms with van der Waals surface area (Å²) in [6.07, 6.45) is 3.19. The van der Waals surface area contributed by atoms with Crippen molar-refractivity contribution in [1.82, 2.24) is 0 Å². The van der Waals surface area contributed by atoms with Gasteiger partial charge in [-0.2, -0.15) is 0 Å². The smallest absolute Gasteiger partial charge is 0.162 e. The normalized spacial score (nSPS) is 19.9. The van der Waals surface area contributed by atoms with E-state index in [9.17, 15) is 0 Å². The van der Waals surface area contributed by atoms with Gasteiger partial charge in [-0.3, -0.25) is 0 Å². The van der Waals surface area contributed by atoms with Crippen LogP contribution in [0.25, 0.3) is 0 Å². The Labute approximate surface area is 55.3 Å². The van der Waals surface area contributed by atoms with Gasteiger partial charge in [0.2, 0.25) is 0 Å². The molecule has 1 rings (SSSR count). The zero-order chi connectivity index (χ0) is 7.98. The molecule has 0 spiro atoms. The van der Waals surface area contributed by atoms with Crippen molar-refractivity contribution in [2.75, 3.05) is 0 Å². The van der Waals surface area contributed by atoms with Crippen LogP contribution in [0, 0.1) is 15.3 Å².